The SMILES string of the molecule is Cc1nc(C)c(CC2(C=O)CC2)s1. The molecule has 3 heteroatoms. The Morgan fingerprint density at radius 1 is 1.54 bits per heavy atom. The van der Waals surface area contributed by atoms with Crippen molar-refractivity contribution in [2.75, 3.05) is 0 Å². The molecule has 1 saturated carbocycles. The van der Waals surface area contributed by atoms with Crippen molar-refractivity contribution >= 4 is 17.6 Å². The molecule has 2 rings (SSSR count). The number of hydrogen-bond donors (Lipinski definition) is 0. The molecule has 1 aromatic heterocycles. The number of carbonyl (C=O) groups is 1. The second-order valence-electron chi connectivity index (χ2n) is 3.90. The van der Waals surface area contributed by atoms with Crippen LogP contribution in [0.4, 0.5) is 0 Å². The predicted octanol–water partition coefficient (Wildman–Crippen LogP) is 2.28. The molecule has 70 valence electrons. The molecule has 1 aliphatic rings. The van der Waals surface area contributed by atoms with E-state index in [2.05, 4.69) is 4.98 Å². The van der Waals surface area contributed by atoms with Gasteiger partial charge in [0, 0.05) is 10.3 Å². The van der Waals surface area contributed by atoms with Crippen molar-refractivity contribution in [2.45, 2.75) is 33.1 Å². The minimum atomic E-state index is -0.0102. The summed E-state index contributed by atoms with van der Waals surface area (Å²) in [6.07, 6.45) is 4.16. The van der Waals surface area contributed by atoms with E-state index in [1.54, 1.807) is 11.3 Å². The first-order valence-electron chi connectivity index (χ1n) is 4.54. The van der Waals surface area contributed by atoms with Crippen LogP contribution < -0.4 is 0 Å². The fraction of sp³-hybridized carbons (Fsp3) is 0.600. The number of aromatic nitrogens is 1. The molecule has 0 amide bonds. The van der Waals surface area contributed by atoms with E-state index in [-0.39, 0.29) is 5.41 Å². The monoisotopic (exact) mass is 195 g/mol. The van der Waals surface area contributed by atoms with Gasteiger partial charge >= 0.3 is 0 Å². The summed E-state index contributed by atoms with van der Waals surface area (Å²) in [7, 11) is 0. The molecule has 1 fully saturated rings. The molecule has 0 N–H and O–H groups in total. The maximum absolute atomic E-state index is 10.8. The molecule has 1 aliphatic carbocycles. The minimum Gasteiger partial charge on any atom is -0.303 e. The van der Waals surface area contributed by atoms with E-state index in [1.165, 1.54) is 4.88 Å². The quantitative estimate of drug-likeness (QED) is 0.693. The molecule has 0 radical (unpaired) electrons. The maximum atomic E-state index is 10.8. The molecular formula is C10H13NOS. The number of aldehydes is 1. The Morgan fingerprint density at radius 2 is 2.23 bits per heavy atom. The lowest BCUT2D eigenvalue weighted by atomic mass is 10.0. The highest BCUT2D eigenvalue weighted by Gasteiger charge is 2.43. The highest BCUT2D eigenvalue weighted by molar-refractivity contribution is 7.11. The molecule has 0 spiro atoms. The zero-order chi connectivity index (χ0) is 9.47. The van der Waals surface area contributed by atoms with Gasteiger partial charge in [0.15, 0.2) is 0 Å². The van der Waals surface area contributed by atoms with Gasteiger partial charge in [-0.3, -0.25) is 0 Å². The van der Waals surface area contributed by atoms with Crippen LogP contribution in [0.2, 0.25) is 0 Å². The van der Waals surface area contributed by atoms with Crippen LogP contribution in [0.25, 0.3) is 0 Å². The molecule has 1 aromatic rings. The first-order chi connectivity index (χ1) is 6.15. The van der Waals surface area contributed by atoms with E-state index in [0.717, 1.165) is 36.3 Å². The summed E-state index contributed by atoms with van der Waals surface area (Å²) < 4.78 is 0. The van der Waals surface area contributed by atoms with E-state index in [1.807, 2.05) is 13.8 Å². The Kier molecular flexibility index (Phi) is 1.99. The van der Waals surface area contributed by atoms with Crippen LogP contribution in [0, 0.1) is 19.3 Å². The summed E-state index contributed by atoms with van der Waals surface area (Å²) in [4.78, 5) is 16.4. The van der Waals surface area contributed by atoms with Crippen molar-refractivity contribution in [1.29, 1.82) is 0 Å². The van der Waals surface area contributed by atoms with Gasteiger partial charge in [-0.25, -0.2) is 4.98 Å². The Bertz CT molecular complexity index is 339. The Labute approximate surface area is 82.0 Å². The number of carbonyl (C=O) groups excluding carboxylic acids is 1. The zero-order valence-corrected chi connectivity index (χ0v) is 8.78. The third-order valence-corrected chi connectivity index (χ3v) is 3.73. The van der Waals surface area contributed by atoms with E-state index >= 15 is 0 Å². The van der Waals surface area contributed by atoms with Gasteiger partial charge in [0.25, 0.3) is 0 Å². The zero-order valence-electron chi connectivity index (χ0n) is 7.96. The van der Waals surface area contributed by atoms with Gasteiger partial charge < -0.3 is 4.79 Å². The third-order valence-electron chi connectivity index (χ3n) is 2.65. The smallest absolute Gasteiger partial charge is 0.126 e. The largest absolute Gasteiger partial charge is 0.303 e. The Morgan fingerprint density at radius 3 is 2.62 bits per heavy atom. The molecule has 0 atom stereocenters. The summed E-state index contributed by atoms with van der Waals surface area (Å²) in [5.74, 6) is 0. The van der Waals surface area contributed by atoms with Gasteiger partial charge in [0.2, 0.25) is 0 Å². The van der Waals surface area contributed by atoms with E-state index < -0.39 is 0 Å². The standard InChI is InChI=1S/C10H13NOS/c1-7-9(13-8(2)11-7)5-10(6-12)3-4-10/h6H,3-5H2,1-2H3. The Hall–Kier alpha value is -0.700. The third kappa shape index (κ3) is 1.66. The van der Waals surface area contributed by atoms with Crippen LogP contribution in [0.3, 0.4) is 0 Å². The van der Waals surface area contributed by atoms with Crippen LogP contribution in [0.1, 0.15) is 28.4 Å². The van der Waals surface area contributed by atoms with Gasteiger partial charge in [0.05, 0.1) is 10.7 Å². The molecule has 0 aromatic carbocycles. The summed E-state index contributed by atoms with van der Waals surface area (Å²) in [5, 5.41) is 1.11. The normalized spacial score (nSPS) is 18.6. The lowest BCUT2D eigenvalue weighted by Gasteiger charge is -2.03. The number of aryl methyl sites for hydroxylation is 2. The fourth-order valence-electron chi connectivity index (χ4n) is 1.55. The predicted molar refractivity (Wildman–Crippen MR) is 53.0 cm³/mol. The molecule has 2 nitrogen and oxygen atoms in total. The van der Waals surface area contributed by atoms with E-state index in [4.69, 9.17) is 0 Å². The van der Waals surface area contributed by atoms with Crippen molar-refractivity contribution in [3.8, 4) is 0 Å². The maximum Gasteiger partial charge on any atom is 0.126 e. The average molecular weight is 195 g/mol. The molecule has 0 aliphatic heterocycles. The summed E-state index contributed by atoms with van der Waals surface area (Å²) in [6.45, 7) is 4.04. The molecule has 0 saturated heterocycles. The summed E-state index contributed by atoms with van der Waals surface area (Å²) in [6, 6.07) is 0. The number of hydrogen-bond acceptors (Lipinski definition) is 3. The lowest BCUT2D eigenvalue weighted by molar-refractivity contribution is -0.112. The highest BCUT2D eigenvalue weighted by atomic mass is 32.1. The van der Waals surface area contributed by atoms with Crippen LogP contribution >= 0.6 is 11.3 Å². The Balaban J connectivity index is 2.18. The summed E-state index contributed by atoms with van der Waals surface area (Å²) in [5.41, 5.74) is 1.10. The van der Waals surface area contributed by atoms with Crippen molar-refractivity contribution < 1.29 is 4.79 Å². The average Bonchev–Trinajstić information content (AvgIpc) is 2.77. The van der Waals surface area contributed by atoms with Crippen molar-refractivity contribution in [3.63, 3.8) is 0 Å². The van der Waals surface area contributed by atoms with Gasteiger partial charge in [-0.2, -0.15) is 0 Å². The fourth-order valence-corrected chi connectivity index (χ4v) is 2.65. The number of rotatable bonds is 3. The van der Waals surface area contributed by atoms with Crippen LogP contribution in [0.15, 0.2) is 0 Å². The number of thiazole rings is 1. The molecule has 1 heterocycles. The van der Waals surface area contributed by atoms with Crippen molar-refractivity contribution in [3.05, 3.63) is 15.6 Å². The second kappa shape index (κ2) is 2.91. The van der Waals surface area contributed by atoms with Gasteiger partial charge in [-0.1, -0.05) is 0 Å². The van der Waals surface area contributed by atoms with E-state index in [9.17, 15) is 4.79 Å². The van der Waals surface area contributed by atoms with Crippen molar-refractivity contribution in [2.24, 2.45) is 5.41 Å². The lowest BCUT2D eigenvalue weighted by Crippen LogP contribution is -2.05. The first kappa shape index (κ1) is 8.88. The summed E-state index contributed by atoms with van der Waals surface area (Å²) >= 11 is 1.73. The van der Waals surface area contributed by atoms with Crippen LogP contribution in [-0.4, -0.2) is 11.3 Å². The van der Waals surface area contributed by atoms with Crippen LogP contribution in [0.5, 0.6) is 0 Å². The van der Waals surface area contributed by atoms with Gasteiger partial charge in [-0.05, 0) is 33.1 Å². The van der Waals surface area contributed by atoms with Crippen LogP contribution in [-0.2, 0) is 11.2 Å². The van der Waals surface area contributed by atoms with E-state index in [0.29, 0.717) is 0 Å². The molecule has 0 bridgehead atoms. The number of nitrogens with zero attached hydrogens (tertiary/aromatic N) is 1. The van der Waals surface area contributed by atoms with Gasteiger partial charge in [-0.15, -0.1) is 11.3 Å². The molecule has 13 heavy (non-hydrogen) atoms. The second-order valence-corrected chi connectivity index (χ2v) is 5.19. The minimum absolute atomic E-state index is 0.0102. The molecule has 0 unspecified atom stereocenters. The van der Waals surface area contributed by atoms with Crippen molar-refractivity contribution in [1.82, 2.24) is 4.98 Å². The first-order valence-corrected chi connectivity index (χ1v) is 5.36. The molecular weight excluding hydrogens is 182 g/mol. The topological polar surface area (TPSA) is 30.0 Å². The highest BCUT2D eigenvalue weighted by Crippen LogP contribution is 2.47. The van der Waals surface area contributed by atoms with Gasteiger partial charge in [0.1, 0.15) is 6.29 Å².